The van der Waals surface area contributed by atoms with Crippen LogP contribution in [0.5, 0.6) is 0 Å². The number of aromatic nitrogens is 1. The van der Waals surface area contributed by atoms with E-state index in [2.05, 4.69) is 10.3 Å². The molecule has 0 aliphatic rings. The molecule has 2 aromatic heterocycles. The minimum Gasteiger partial charge on any atom is -0.464 e. The molecule has 3 rings (SSSR count). The topological polar surface area (TPSA) is 129 Å². The highest BCUT2D eigenvalue weighted by atomic mass is 32.2. The molecule has 0 spiro atoms. The molecule has 0 bridgehead atoms. The number of nitrogens with two attached hydrogens (primary N) is 1. The van der Waals surface area contributed by atoms with Gasteiger partial charge in [0.2, 0.25) is 5.91 Å². The van der Waals surface area contributed by atoms with Gasteiger partial charge in [0, 0.05) is 0 Å². The number of nitrogen functional groups attached to an aromatic ring is 1. The van der Waals surface area contributed by atoms with Crippen molar-refractivity contribution in [1.29, 1.82) is 10.5 Å². The van der Waals surface area contributed by atoms with E-state index in [0.29, 0.717) is 0 Å². The number of para-hydroxylation sites is 1. The van der Waals surface area contributed by atoms with Crippen molar-refractivity contribution in [2.24, 2.45) is 0 Å². The third kappa shape index (κ3) is 4.05. The summed E-state index contributed by atoms with van der Waals surface area (Å²) in [4.78, 5) is 16.6. The Morgan fingerprint density at radius 1 is 1.24 bits per heavy atom. The number of thioether (sulfide) groups is 1. The summed E-state index contributed by atoms with van der Waals surface area (Å²) in [6.45, 7) is 1.59. The summed E-state index contributed by atoms with van der Waals surface area (Å²) >= 11 is 0.974. The van der Waals surface area contributed by atoms with E-state index in [1.165, 1.54) is 24.5 Å². The summed E-state index contributed by atoms with van der Waals surface area (Å²) in [7, 11) is 0. The molecule has 3 aromatic rings. The van der Waals surface area contributed by atoms with Crippen LogP contribution in [0.3, 0.4) is 0 Å². The summed E-state index contributed by atoms with van der Waals surface area (Å²) < 4.78 is 19.1. The molecule has 1 atom stereocenters. The minimum atomic E-state index is -0.731. The van der Waals surface area contributed by atoms with Crippen LogP contribution in [0.25, 0.3) is 11.3 Å². The number of carbonyl (C=O) groups is 1. The van der Waals surface area contributed by atoms with Crippen molar-refractivity contribution in [2.45, 2.75) is 17.2 Å². The molecule has 29 heavy (non-hydrogen) atoms. The maximum absolute atomic E-state index is 13.8. The number of benzene rings is 1. The molecular weight excluding hydrogens is 393 g/mol. The molecule has 9 heteroatoms. The summed E-state index contributed by atoms with van der Waals surface area (Å²) in [5.74, 6) is -0.829. The van der Waals surface area contributed by atoms with Crippen LogP contribution in [0, 0.1) is 28.5 Å². The number of nitrogens with one attached hydrogen (secondary N) is 1. The maximum Gasteiger partial charge on any atom is 0.237 e. The number of furan rings is 1. The largest absolute Gasteiger partial charge is 0.464 e. The standard InChI is InChI=1S/C20H14FN5O2S/c1-11(19(27)25-15-6-3-2-5-14(15)21)29-20-13(10-23)17(16-7-4-8-28-16)12(9-22)18(24)26-20/h2-8,11H,1H3,(H2,24,26)(H,25,27). The molecule has 0 fully saturated rings. The van der Waals surface area contributed by atoms with E-state index in [-0.39, 0.29) is 39.0 Å². The molecule has 1 aromatic carbocycles. The first-order valence-corrected chi connectivity index (χ1v) is 9.23. The summed E-state index contributed by atoms with van der Waals surface area (Å²) in [6.07, 6.45) is 1.41. The maximum atomic E-state index is 13.8. The highest BCUT2D eigenvalue weighted by Gasteiger charge is 2.25. The van der Waals surface area contributed by atoms with E-state index >= 15 is 0 Å². The van der Waals surface area contributed by atoms with Crippen molar-refractivity contribution >= 4 is 29.2 Å². The number of pyridine rings is 1. The van der Waals surface area contributed by atoms with Crippen LogP contribution in [0.4, 0.5) is 15.9 Å². The molecule has 0 radical (unpaired) electrons. The van der Waals surface area contributed by atoms with Crippen molar-refractivity contribution in [2.75, 3.05) is 11.1 Å². The second kappa shape index (κ2) is 8.46. The monoisotopic (exact) mass is 407 g/mol. The van der Waals surface area contributed by atoms with E-state index in [1.54, 1.807) is 25.1 Å². The van der Waals surface area contributed by atoms with Crippen molar-refractivity contribution in [3.05, 3.63) is 59.6 Å². The quantitative estimate of drug-likeness (QED) is 0.613. The zero-order chi connectivity index (χ0) is 21.0. The van der Waals surface area contributed by atoms with Crippen molar-refractivity contribution in [3.63, 3.8) is 0 Å². The molecule has 2 heterocycles. The number of anilines is 2. The molecule has 0 aliphatic carbocycles. The Balaban J connectivity index is 1.95. The van der Waals surface area contributed by atoms with Crippen LogP contribution >= 0.6 is 11.8 Å². The third-order valence-corrected chi connectivity index (χ3v) is 5.06. The van der Waals surface area contributed by atoms with E-state index < -0.39 is 17.0 Å². The predicted molar refractivity (Wildman–Crippen MR) is 106 cm³/mol. The lowest BCUT2D eigenvalue weighted by molar-refractivity contribution is -0.115. The zero-order valence-corrected chi connectivity index (χ0v) is 16.0. The SMILES string of the molecule is CC(Sc1nc(N)c(C#N)c(-c2ccco2)c1C#N)C(=O)Nc1ccccc1F. The number of amides is 1. The first-order chi connectivity index (χ1) is 14.0. The van der Waals surface area contributed by atoms with Crippen LogP contribution in [-0.4, -0.2) is 16.1 Å². The van der Waals surface area contributed by atoms with Gasteiger partial charge in [0.15, 0.2) is 0 Å². The predicted octanol–water partition coefficient (Wildman–Crippen LogP) is 3.93. The average Bonchev–Trinajstić information content (AvgIpc) is 3.23. The van der Waals surface area contributed by atoms with E-state index in [4.69, 9.17) is 10.2 Å². The number of nitrogens with zero attached hydrogens (tertiary/aromatic N) is 3. The first kappa shape index (κ1) is 19.9. The number of nitriles is 2. The van der Waals surface area contributed by atoms with Gasteiger partial charge in [0.25, 0.3) is 0 Å². The third-order valence-electron chi connectivity index (χ3n) is 3.97. The molecule has 0 saturated heterocycles. The summed E-state index contributed by atoms with van der Waals surface area (Å²) in [5.41, 5.74) is 6.27. The Hall–Kier alpha value is -3.82. The Kier molecular flexibility index (Phi) is 5.82. The number of rotatable bonds is 5. The van der Waals surface area contributed by atoms with Crippen LogP contribution in [0.2, 0.25) is 0 Å². The Labute approximate surface area is 170 Å². The fraction of sp³-hybridized carbons (Fsp3) is 0.100. The molecule has 1 unspecified atom stereocenters. The van der Waals surface area contributed by atoms with Crippen LogP contribution < -0.4 is 11.1 Å². The van der Waals surface area contributed by atoms with Gasteiger partial charge in [-0.1, -0.05) is 23.9 Å². The van der Waals surface area contributed by atoms with Gasteiger partial charge >= 0.3 is 0 Å². The van der Waals surface area contributed by atoms with Crippen molar-refractivity contribution in [1.82, 2.24) is 4.98 Å². The molecule has 144 valence electrons. The molecule has 0 aliphatic heterocycles. The molecule has 1 amide bonds. The lowest BCUT2D eigenvalue weighted by Gasteiger charge is -2.15. The second-order valence-electron chi connectivity index (χ2n) is 5.86. The van der Waals surface area contributed by atoms with E-state index in [9.17, 15) is 19.7 Å². The molecule has 0 saturated carbocycles. The van der Waals surface area contributed by atoms with Gasteiger partial charge in [-0.2, -0.15) is 10.5 Å². The van der Waals surface area contributed by atoms with Crippen LogP contribution in [-0.2, 0) is 4.79 Å². The van der Waals surface area contributed by atoms with Gasteiger partial charge in [0.1, 0.15) is 40.1 Å². The lowest BCUT2D eigenvalue weighted by atomic mass is 10.0. The lowest BCUT2D eigenvalue weighted by Crippen LogP contribution is -2.23. The second-order valence-corrected chi connectivity index (χ2v) is 7.19. The van der Waals surface area contributed by atoms with Gasteiger partial charge < -0.3 is 15.5 Å². The first-order valence-electron chi connectivity index (χ1n) is 8.35. The van der Waals surface area contributed by atoms with Crippen LogP contribution in [0.1, 0.15) is 18.1 Å². The minimum absolute atomic E-state index is 0.0179. The van der Waals surface area contributed by atoms with Gasteiger partial charge in [-0.25, -0.2) is 9.37 Å². The summed E-state index contributed by atoms with van der Waals surface area (Å²) in [6, 6.07) is 13.0. The van der Waals surface area contributed by atoms with E-state index in [0.717, 1.165) is 11.8 Å². The highest BCUT2D eigenvalue weighted by molar-refractivity contribution is 8.00. The molecular formula is C20H14FN5O2S. The number of hydrogen-bond donors (Lipinski definition) is 2. The van der Waals surface area contributed by atoms with Gasteiger partial charge in [0.05, 0.1) is 28.3 Å². The Morgan fingerprint density at radius 2 is 1.97 bits per heavy atom. The Morgan fingerprint density at radius 3 is 2.59 bits per heavy atom. The average molecular weight is 407 g/mol. The highest BCUT2D eigenvalue weighted by Crippen LogP contribution is 2.37. The summed E-state index contributed by atoms with van der Waals surface area (Å²) in [5, 5.41) is 21.1. The van der Waals surface area contributed by atoms with Crippen molar-refractivity contribution in [3.8, 4) is 23.5 Å². The van der Waals surface area contributed by atoms with Gasteiger partial charge in [-0.15, -0.1) is 0 Å². The zero-order valence-electron chi connectivity index (χ0n) is 15.1. The molecule has 7 nitrogen and oxygen atoms in total. The van der Waals surface area contributed by atoms with Crippen molar-refractivity contribution < 1.29 is 13.6 Å². The van der Waals surface area contributed by atoms with Gasteiger partial charge in [-0.05, 0) is 31.2 Å². The number of carbonyl (C=O) groups excluding carboxylic acids is 1. The van der Waals surface area contributed by atoms with E-state index in [1.807, 2.05) is 12.1 Å². The smallest absolute Gasteiger partial charge is 0.237 e. The fourth-order valence-electron chi connectivity index (χ4n) is 2.57. The molecule has 3 N–H and O–H groups in total. The Bertz CT molecular complexity index is 1150. The number of hydrogen-bond acceptors (Lipinski definition) is 7. The van der Waals surface area contributed by atoms with Gasteiger partial charge in [-0.3, -0.25) is 4.79 Å². The number of halogens is 1. The fourth-order valence-corrected chi connectivity index (χ4v) is 3.49. The normalized spacial score (nSPS) is 11.3. The van der Waals surface area contributed by atoms with Crippen LogP contribution in [0.15, 0.2) is 52.1 Å².